The number of hydrogen-bond donors (Lipinski definition) is 0. The molecule has 1 aliphatic carbocycles. The first-order chi connectivity index (χ1) is 6.34. The minimum Gasteiger partial charge on any atom is -0.232 e. The zero-order valence-corrected chi connectivity index (χ0v) is 7.75. The highest BCUT2D eigenvalue weighted by Crippen LogP contribution is 2.22. The molecule has 0 bridgehead atoms. The van der Waals surface area contributed by atoms with Crippen molar-refractivity contribution in [2.45, 2.75) is 19.3 Å². The highest BCUT2D eigenvalue weighted by molar-refractivity contribution is 6.29. The van der Waals surface area contributed by atoms with Crippen LogP contribution in [0.25, 0.3) is 5.65 Å². The van der Waals surface area contributed by atoms with Crippen LogP contribution in [0.2, 0.25) is 5.15 Å². The quantitative estimate of drug-likeness (QED) is 0.640. The standard InChI is InChI=1S/C9H8ClN3/c10-8-4-5-9-11-6-2-1-3-7(6)13(9)12-8/h4-5H,1-3H2. The summed E-state index contributed by atoms with van der Waals surface area (Å²) in [6, 6.07) is 3.69. The molecule has 0 saturated carbocycles. The Morgan fingerprint density at radius 2 is 2.23 bits per heavy atom. The largest absolute Gasteiger partial charge is 0.232 e. The van der Waals surface area contributed by atoms with Crippen LogP contribution in [0.4, 0.5) is 0 Å². The summed E-state index contributed by atoms with van der Waals surface area (Å²) in [6.07, 6.45) is 3.34. The number of rotatable bonds is 0. The molecular weight excluding hydrogens is 186 g/mol. The van der Waals surface area contributed by atoms with Crippen molar-refractivity contribution in [3.8, 4) is 0 Å². The molecule has 66 valence electrons. The van der Waals surface area contributed by atoms with E-state index in [1.807, 2.05) is 10.6 Å². The number of hydrogen-bond acceptors (Lipinski definition) is 2. The van der Waals surface area contributed by atoms with Crippen molar-refractivity contribution in [3.05, 3.63) is 28.7 Å². The van der Waals surface area contributed by atoms with Gasteiger partial charge in [0.1, 0.15) is 5.15 Å². The molecule has 0 aromatic carbocycles. The van der Waals surface area contributed by atoms with Crippen molar-refractivity contribution in [1.29, 1.82) is 0 Å². The first kappa shape index (κ1) is 7.33. The van der Waals surface area contributed by atoms with Crippen LogP contribution in [0, 0.1) is 0 Å². The van der Waals surface area contributed by atoms with Crippen molar-refractivity contribution >= 4 is 17.2 Å². The zero-order valence-electron chi connectivity index (χ0n) is 7.00. The molecule has 0 unspecified atom stereocenters. The highest BCUT2D eigenvalue weighted by atomic mass is 35.5. The highest BCUT2D eigenvalue weighted by Gasteiger charge is 2.18. The van der Waals surface area contributed by atoms with Gasteiger partial charge in [0.25, 0.3) is 0 Å². The Morgan fingerprint density at radius 3 is 3.15 bits per heavy atom. The van der Waals surface area contributed by atoms with Crippen LogP contribution in [0.3, 0.4) is 0 Å². The maximum atomic E-state index is 5.82. The van der Waals surface area contributed by atoms with Gasteiger partial charge in [-0.2, -0.15) is 5.10 Å². The van der Waals surface area contributed by atoms with Crippen LogP contribution >= 0.6 is 11.6 Å². The lowest BCUT2D eigenvalue weighted by molar-refractivity contribution is 0.821. The minimum absolute atomic E-state index is 0.527. The third-order valence-electron chi connectivity index (χ3n) is 2.45. The van der Waals surface area contributed by atoms with E-state index in [1.165, 1.54) is 17.8 Å². The third-order valence-corrected chi connectivity index (χ3v) is 2.65. The molecule has 3 rings (SSSR count). The Morgan fingerprint density at radius 1 is 1.31 bits per heavy atom. The summed E-state index contributed by atoms with van der Waals surface area (Å²) in [6.45, 7) is 0. The monoisotopic (exact) mass is 193 g/mol. The number of halogens is 1. The molecule has 4 heteroatoms. The molecule has 2 heterocycles. The van der Waals surface area contributed by atoms with Crippen LogP contribution in [0.1, 0.15) is 17.8 Å². The van der Waals surface area contributed by atoms with E-state index in [2.05, 4.69) is 10.1 Å². The number of aromatic nitrogens is 3. The smallest absolute Gasteiger partial charge is 0.154 e. The van der Waals surface area contributed by atoms with Crippen LogP contribution in [-0.2, 0) is 12.8 Å². The maximum absolute atomic E-state index is 5.82. The van der Waals surface area contributed by atoms with Crippen LogP contribution in [-0.4, -0.2) is 14.6 Å². The minimum atomic E-state index is 0.527. The first-order valence-corrected chi connectivity index (χ1v) is 4.75. The fourth-order valence-electron chi connectivity index (χ4n) is 1.88. The Balaban J connectivity index is 2.40. The van der Waals surface area contributed by atoms with Gasteiger partial charge in [0.2, 0.25) is 0 Å². The first-order valence-electron chi connectivity index (χ1n) is 4.37. The summed E-state index contributed by atoms with van der Waals surface area (Å²) in [5.74, 6) is 0. The van der Waals surface area contributed by atoms with Gasteiger partial charge in [-0.25, -0.2) is 9.50 Å². The van der Waals surface area contributed by atoms with Gasteiger partial charge < -0.3 is 0 Å². The predicted molar refractivity (Wildman–Crippen MR) is 50.0 cm³/mol. The maximum Gasteiger partial charge on any atom is 0.154 e. The van der Waals surface area contributed by atoms with Crippen LogP contribution in [0.5, 0.6) is 0 Å². The average molecular weight is 194 g/mol. The average Bonchev–Trinajstić information content (AvgIpc) is 2.64. The van der Waals surface area contributed by atoms with E-state index in [4.69, 9.17) is 11.6 Å². The summed E-state index contributed by atoms with van der Waals surface area (Å²) in [7, 11) is 0. The fraction of sp³-hybridized carbons (Fsp3) is 0.333. The number of fused-ring (bicyclic) bond motifs is 3. The van der Waals surface area contributed by atoms with Crippen LogP contribution < -0.4 is 0 Å². The van der Waals surface area contributed by atoms with E-state index < -0.39 is 0 Å². The summed E-state index contributed by atoms with van der Waals surface area (Å²) < 4.78 is 1.87. The van der Waals surface area contributed by atoms with Gasteiger partial charge in [0.05, 0.1) is 11.4 Å². The van der Waals surface area contributed by atoms with E-state index in [9.17, 15) is 0 Å². The lowest BCUT2D eigenvalue weighted by Crippen LogP contribution is -1.95. The summed E-state index contributed by atoms with van der Waals surface area (Å²) in [4.78, 5) is 4.48. The molecule has 0 fully saturated rings. The van der Waals surface area contributed by atoms with E-state index >= 15 is 0 Å². The second kappa shape index (κ2) is 2.45. The van der Waals surface area contributed by atoms with Gasteiger partial charge in [0.15, 0.2) is 5.65 Å². The molecule has 13 heavy (non-hydrogen) atoms. The zero-order chi connectivity index (χ0) is 8.84. The Kier molecular flexibility index (Phi) is 1.38. The predicted octanol–water partition coefficient (Wildman–Crippen LogP) is 1.87. The van der Waals surface area contributed by atoms with Crippen molar-refractivity contribution < 1.29 is 0 Å². The van der Waals surface area contributed by atoms with Gasteiger partial charge in [-0.3, -0.25) is 0 Å². The summed E-state index contributed by atoms with van der Waals surface area (Å²) >= 11 is 5.82. The second-order valence-corrected chi connectivity index (χ2v) is 3.67. The topological polar surface area (TPSA) is 30.2 Å². The molecular formula is C9H8ClN3. The molecule has 0 aliphatic heterocycles. The molecule has 0 radical (unpaired) electrons. The number of aryl methyl sites for hydroxylation is 2. The van der Waals surface area contributed by atoms with Crippen molar-refractivity contribution in [3.63, 3.8) is 0 Å². The molecule has 0 saturated heterocycles. The molecule has 2 aromatic heterocycles. The Bertz CT molecular complexity index is 475. The molecule has 0 amide bonds. The lowest BCUT2D eigenvalue weighted by Gasteiger charge is -1.96. The van der Waals surface area contributed by atoms with E-state index in [-0.39, 0.29) is 0 Å². The molecule has 0 spiro atoms. The molecule has 0 N–H and O–H groups in total. The van der Waals surface area contributed by atoms with Crippen LogP contribution in [0.15, 0.2) is 12.1 Å². The van der Waals surface area contributed by atoms with Gasteiger partial charge in [-0.05, 0) is 31.4 Å². The molecule has 0 atom stereocenters. The van der Waals surface area contributed by atoms with Crippen molar-refractivity contribution in [1.82, 2.24) is 14.6 Å². The van der Waals surface area contributed by atoms with Gasteiger partial charge in [-0.1, -0.05) is 11.6 Å². The summed E-state index contributed by atoms with van der Waals surface area (Å²) in [5, 5.41) is 4.75. The van der Waals surface area contributed by atoms with E-state index in [1.54, 1.807) is 6.07 Å². The molecule has 1 aliphatic rings. The Hall–Kier alpha value is -1.09. The Labute approximate surface area is 80.3 Å². The SMILES string of the molecule is Clc1ccc2nc3c(n2n1)CCC3. The second-order valence-electron chi connectivity index (χ2n) is 3.28. The number of imidazole rings is 1. The van der Waals surface area contributed by atoms with E-state index in [0.29, 0.717) is 5.15 Å². The van der Waals surface area contributed by atoms with Crippen molar-refractivity contribution in [2.24, 2.45) is 0 Å². The molecule has 2 aromatic rings. The van der Waals surface area contributed by atoms with Gasteiger partial charge in [-0.15, -0.1) is 0 Å². The van der Waals surface area contributed by atoms with Gasteiger partial charge in [0, 0.05) is 0 Å². The van der Waals surface area contributed by atoms with Crippen molar-refractivity contribution in [2.75, 3.05) is 0 Å². The summed E-state index contributed by atoms with van der Waals surface area (Å²) in [5.41, 5.74) is 3.33. The van der Waals surface area contributed by atoms with E-state index in [0.717, 1.165) is 18.5 Å². The molecule has 3 nitrogen and oxygen atoms in total. The van der Waals surface area contributed by atoms with Gasteiger partial charge >= 0.3 is 0 Å². The normalized spacial score (nSPS) is 15.2. The fourth-order valence-corrected chi connectivity index (χ4v) is 2.01. The lowest BCUT2D eigenvalue weighted by atomic mass is 10.3. The third kappa shape index (κ3) is 0.968. The number of nitrogens with zero attached hydrogens (tertiary/aromatic N) is 3.